The summed E-state index contributed by atoms with van der Waals surface area (Å²) in [6, 6.07) is 10.0. The molecule has 1 amide bonds. The smallest absolute Gasteiger partial charge is 0.263 e. The van der Waals surface area contributed by atoms with E-state index in [0.29, 0.717) is 24.6 Å². The lowest BCUT2D eigenvalue weighted by atomic mass is 10.2. The Morgan fingerprint density at radius 3 is 2.54 bits per heavy atom. The molecule has 2 aromatic heterocycles. The summed E-state index contributed by atoms with van der Waals surface area (Å²) in [4.78, 5) is 18.7. The highest BCUT2D eigenvalue weighted by atomic mass is 32.1. The van der Waals surface area contributed by atoms with Gasteiger partial charge in [-0.05, 0) is 20.8 Å². The third kappa shape index (κ3) is 3.95. The number of nitrogens with zero attached hydrogens (tertiary/aromatic N) is 2. The Morgan fingerprint density at radius 2 is 1.92 bits per heavy atom. The molecule has 26 heavy (non-hydrogen) atoms. The molecule has 0 unspecified atom stereocenters. The summed E-state index contributed by atoms with van der Waals surface area (Å²) in [5, 5.41) is 2.89. The Balaban J connectivity index is 1.75. The molecule has 0 saturated heterocycles. The number of aryl methyl sites for hydroxylation is 1. The highest BCUT2D eigenvalue weighted by Crippen LogP contribution is 2.27. The number of rotatable bonds is 8. The van der Waals surface area contributed by atoms with Gasteiger partial charge in [-0.2, -0.15) is 0 Å². The predicted octanol–water partition coefficient (Wildman–Crippen LogP) is 3.50. The van der Waals surface area contributed by atoms with Crippen LogP contribution >= 0.6 is 11.3 Å². The van der Waals surface area contributed by atoms with E-state index >= 15 is 0 Å². The fourth-order valence-electron chi connectivity index (χ4n) is 2.70. The Morgan fingerprint density at radius 1 is 1.23 bits per heavy atom. The van der Waals surface area contributed by atoms with E-state index in [1.165, 1.54) is 11.3 Å². The van der Waals surface area contributed by atoms with Crippen molar-refractivity contribution in [2.24, 2.45) is 0 Å². The summed E-state index contributed by atoms with van der Waals surface area (Å²) in [5.74, 6) is -0.135. The maximum absolute atomic E-state index is 12.5. The number of ether oxygens (including phenoxy) is 2. The molecule has 7 heteroatoms. The first kappa shape index (κ1) is 18.6. The number of thiazole rings is 1. The molecule has 1 N–H and O–H groups in total. The minimum absolute atomic E-state index is 0.135. The third-order valence-electron chi connectivity index (χ3n) is 3.97. The van der Waals surface area contributed by atoms with Gasteiger partial charge in [0.2, 0.25) is 0 Å². The van der Waals surface area contributed by atoms with Crippen LogP contribution in [0.5, 0.6) is 0 Å². The summed E-state index contributed by atoms with van der Waals surface area (Å²) < 4.78 is 12.9. The minimum atomic E-state index is -0.428. The second-order valence-electron chi connectivity index (χ2n) is 5.71. The summed E-state index contributed by atoms with van der Waals surface area (Å²) in [6.45, 7) is 7.11. The van der Waals surface area contributed by atoms with Crippen LogP contribution in [0, 0.1) is 6.92 Å². The fraction of sp³-hybridized carbons (Fsp3) is 0.368. The van der Waals surface area contributed by atoms with Gasteiger partial charge in [0, 0.05) is 30.7 Å². The Hall–Kier alpha value is -2.22. The van der Waals surface area contributed by atoms with E-state index in [0.717, 1.165) is 21.9 Å². The van der Waals surface area contributed by atoms with E-state index in [4.69, 9.17) is 9.47 Å². The molecule has 0 fully saturated rings. The van der Waals surface area contributed by atoms with Crippen LogP contribution in [-0.2, 0) is 9.47 Å². The molecule has 0 aliphatic rings. The molecule has 0 saturated carbocycles. The number of benzene rings is 1. The lowest BCUT2D eigenvalue weighted by Gasteiger charge is -2.17. The highest BCUT2D eigenvalue weighted by Gasteiger charge is 2.19. The van der Waals surface area contributed by atoms with E-state index in [2.05, 4.69) is 10.3 Å². The van der Waals surface area contributed by atoms with Crippen LogP contribution in [0.15, 0.2) is 36.5 Å². The predicted molar refractivity (Wildman–Crippen MR) is 103 cm³/mol. The van der Waals surface area contributed by atoms with Gasteiger partial charge in [-0.1, -0.05) is 41.7 Å². The maximum Gasteiger partial charge on any atom is 0.263 e. The molecule has 6 nitrogen and oxygen atoms in total. The Kier molecular flexibility index (Phi) is 6.03. The van der Waals surface area contributed by atoms with E-state index in [1.54, 1.807) is 0 Å². The number of aromatic nitrogens is 2. The van der Waals surface area contributed by atoms with Crippen molar-refractivity contribution < 1.29 is 14.3 Å². The van der Waals surface area contributed by atoms with Crippen LogP contribution < -0.4 is 5.32 Å². The molecule has 1 aromatic carbocycles. The lowest BCUT2D eigenvalue weighted by Crippen LogP contribution is -2.35. The Labute approximate surface area is 156 Å². The quantitative estimate of drug-likeness (QED) is 0.614. The number of carbonyl (C=O) groups is 1. The summed E-state index contributed by atoms with van der Waals surface area (Å²) in [6.07, 6.45) is 1.54. The van der Waals surface area contributed by atoms with Crippen LogP contribution in [0.3, 0.4) is 0 Å². The van der Waals surface area contributed by atoms with Gasteiger partial charge in [-0.25, -0.2) is 4.98 Å². The molecule has 0 aliphatic carbocycles. The van der Waals surface area contributed by atoms with Gasteiger partial charge in [-0.3, -0.25) is 9.20 Å². The molecule has 2 heterocycles. The first-order valence-electron chi connectivity index (χ1n) is 8.69. The molecule has 0 radical (unpaired) electrons. The summed E-state index contributed by atoms with van der Waals surface area (Å²) in [5.41, 5.74) is 2.84. The van der Waals surface area contributed by atoms with Gasteiger partial charge in [0.1, 0.15) is 4.88 Å². The van der Waals surface area contributed by atoms with Crippen LogP contribution in [0.2, 0.25) is 0 Å². The number of amides is 1. The standard InChI is InChI=1S/C19H23N3O3S/c1-4-24-16(25-5-2)11-20-18(23)17-13(3)22-12-15(21-19(22)26-17)14-9-7-6-8-10-14/h6-10,12,16H,4-5,11H2,1-3H3,(H,20,23). The fourth-order valence-corrected chi connectivity index (χ4v) is 3.73. The molecule has 138 valence electrons. The van der Waals surface area contributed by atoms with Crippen LogP contribution in [0.4, 0.5) is 0 Å². The zero-order valence-electron chi connectivity index (χ0n) is 15.2. The number of carbonyl (C=O) groups excluding carboxylic acids is 1. The van der Waals surface area contributed by atoms with Crippen molar-refractivity contribution in [1.29, 1.82) is 0 Å². The second-order valence-corrected chi connectivity index (χ2v) is 6.69. The zero-order valence-corrected chi connectivity index (χ0v) is 16.0. The normalized spacial score (nSPS) is 11.4. The largest absolute Gasteiger partial charge is 0.351 e. The SMILES string of the molecule is CCOC(CNC(=O)c1sc2nc(-c3ccccc3)cn2c1C)OCC. The van der Waals surface area contributed by atoms with Crippen LogP contribution in [0.25, 0.3) is 16.2 Å². The zero-order chi connectivity index (χ0) is 18.5. The molecule has 0 bridgehead atoms. The van der Waals surface area contributed by atoms with Crippen molar-refractivity contribution in [3.63, 3.8) is 0 Å². The van der Waals surface area contributed by atoms with E-state index in [9.17, 15) is 4.79 Å². The molecular formula is C19H23N3O3S. The van der Waals surface area contributed by atoms with Crippen molar-refractivity contribution in [3.05, 3.63) is 47.1 Å². The summed E-state index contributed by atoms with van der Waals surface area (Å²) >= 11 is 1.38. The molecule has 3 aromatic rings. The first-order valence-corrected chi connectivity index (χ1v) is 9.51. The van der Waals surface area contributed by atoms with Crippen molar-refractivity contribution in [2.45, 2.75) is 27.1 Å². The topological polar surface area (TPSA) is 64.9 Å². The molecule has 0 aliphatic heterocycles. The van der Waals surface area contributed by atoms with E-state index < -0.39 is 6.29 Å². The molecule has 0 spiro atoms. The summed E-state index contributed by atoms with van der Waals surface area (Å²) in [7, 11) is 0. The van der Waals surface area contributed by atoms with Crippen LogP contribution in [0.1, 0.15) is 29.2 Å². The number of fused-ring (bicyclic) bond motifs is 1. The minimum Gasteiger partial charge on any atom is -0.351 e. The van der Waals surface area contributed by atoms with Gasteiger partial charge in [0.25, 0.3) is 5.91 Å². The number of nitrogens with one attached hydrogen (secondary N) is 1. The second kappa shape index (κ2) is 8.44. The lowest BCUT2D eigenvalue weighted by molar-refractivity contribution is -0.131. The van der Waals surface area contributed by atoms with Crippen molar-refractivity contribution in [3.8, 4) is 11.3 Å². The van der Waals surface area contributed by atoms with Crippen LogP contribution in [-0.4, -0.2) is 41.3 Å². The number of hydrogen-bond donors (Lipinski definition) is 1. The molecule has 0 atom stereocenters. The van der Waals surface area contributed by atoms with Crippen molar-refractivity contribution >= 4 is 22.2 Å². The van der Waals surface area contributed by atoms with Gasteiger partial charge in [-0.15, -0.1) is 0 Å². The van der Waals surface area contributed by atoms with Crippen molar-refractivity contribution in [1.82, 2.24) is 14.7 Å². The molecule has 3 rings (SSSR count). The van der Waals surface area contributed by atoms with Gasteiger partial charge in [0.15, 0.2) is 11.3 Å². The van der Waals surface area contributed by atoms with Gasteiger partial charge in [0.05, 0.1) is 12.2 Å². The number of imidazole rings is 1. The number of hydrogen-bond acceptors (Lipinski definition) is 5. The van der Waals surface area contributed by atoms with Gasteiger partial charge < -0.3 is 14.8 Å². The van der Waals surface area contributed by atoms with Crippen molar-refractivity contribution in [2.75, 3.05) is 19.8 Å². The maximum atomic E-state index is 12.5. The van der Waals surface area contributed by atoms with E-state index in [-0.39, 0.29) is 5.91 Å². The third-order valence-corrected chi connectivity index (χ3v) is 5.12. The highest BCUT2D eigenvalue weighted by molar-refractivity contribution is 7.19. The Bertz CT molecular complexity index is 867. The first-order chi connectivity index (χ1) is 12.6. The monoisotopic (exact) mass is 373 g/mol. The van der Waals surface area contributed by atoms with E-state index in [1.807, 2.05) is 61.7 Å². The average Bonchev–Trinajstić information content (AvgIpc) is 3.20. The average molecular weight is 373 g/mol. The van der Waals surface area contributed by atoms with Gasteiger partial charge >= 0.3 is 0 Å². The molecular weight excluding hydrogens is 350 g/mol.